The molecule has 2 nitrogen and oxygen atoms in total. The van der Waals surface area contributed by atoms with E-state index in [0.29, 0.717) is 18.0 Å². The summed E-state index contributed by atoms with van der Waals surface area (Å²) in [6.07, 6.45) is 1.76. The van der Waals surface area contributed by atoms with Crippen LogP contribution in [0.4, 0.5) is 0 Å². The third kappa shape index (κ3) is 1.83. The van der Waals surface area contributed by atoms with Gasteiger partial charge in [0.1, 0.15) is 5.75 Å². The molecule has 0 saturated carbocycles. The number of aryl methyl sites for hydroxylation is 1. The van der Waals surface area contributed by atoms with Crippen LogP contribution in [0, 0.1) is 6.92 Å². The molecular formula is C11H14O2. The van der Waals surface area contributed by atoms with Gasteiger partial charge in [0.2, 0.25) is 0 Å². The van der Waals surface area contributed by atoms with Crippen molar-refractivity contribution in [3.63, 3.8) is 0 Å². The molecule has 0 aromatic heterocycles. The molecular weight excluding hydrogens is 164 g/mol. The fraction of sp³-hybridized carbons (Fsp3) is 0.455. The van der Waals surface area contributed by atoms with Crippen molar-refractivity contribution in [3.05, 3.63) is 29.3 Å². The third-order valence-electron chi connectivity index (χ3n) is 2.53. The summed E-state index contributed by atoms with van der Waals surface area (Å²) in [5.41, 5.74) is 2.18. The van der Waals surface area contributed by atoms with E-state index in [4.69, 9.17) is 4.74 Å². The third-order valence-corrected chi connectivity index (χ3v) is 2.53. The van der Waals surface area contributed by atoms with Crippen LogP contribution in [0.2, 0.25) is 0 Å². The topological polar surface area (TPSA) is 32.8 Å². The van der Waals surface area contributed by atoms with Crippen molar-refractivity contribution in [2.24, 2.45) is 0 Å². The Morgan fingerprint density at radius 2 is 2.15 bits per heavy atom. The Hall–Kier alpha value is -1.02. The molecule has 13 heavy (non-hydrogen) atoms. The largest absolute Gasteiger partial charge is 0.508 e. The van der Waals surface area contributed by atoms with Crippen LogP contribution in [-0.4, -0.2) is 17.3 Å². The Balaban J connectivity index is 2.08. The van der Waals surface area contributed by atoms with E-state index in [1.165, 1.54) is 5.56 Å². The summed E-state index contributed by atoms with van der Waals surface area (Å²) in [7, 11) is 0. The Labute approximate surface area is 78.2 Å². The van der Waals surface area contributed by atoms with Crippen LogP contribution in [0.3, 0.4) is 0 Å². The summed E-state index contributed by atoms with van der Waals surface area (Å²) in [6.45, 7) is 3.99. The fourth-order valence-corrected chi connectivity index (χ4v) is 1.52. The van der Waals surface area contributed by atoms with Crippen LogP contribution in [0.5, 0.6) is 5.75 Å². The highest BCUT2D eigenvalue weighted by molar-refractivity contribution is 5.35. The summed E-state index contributed by atoms with van der Waals surface area (Å²) in [4.78, 5) is 0. The summed E-state index contributed by atoms with van der Waals surface area (Å²) >= 11 is 0. The number of hydrogen-bond donors (Lipinski definition) is 1. The zero-order valence-electron chi connectivity index (χ0n) is 7.95. The second-order valence-electron chi connectivity index (χ2n) is 3.70. The van der Waals surface area contributed by atoms with Gasteiger partial charge in [0.25, 0.3) is 0 Å². The second kappa shape index (κ2) is 3.04. The number of aromatic hydroxyl groups is 1. The molecule has 1 aromatic carbocycles. The smallest absolute Gasteiger partial charge is 0.118 e. The molecule has 70 valence electrons. The van der Waals surface area contributed by atoms with Crippen molar-refractivity contribution in [1.82, 2.24) is 0 Å². The van der Waals surface area contributed by atoms with Gasteiger partial charge in [-0.05, 0) is 31.0 Å². The summed E-state index contributed by atoms with van der Waals surface area (Å²) in [5.74, 6) is 0.369. The van der Waals surface area contributed by atoms with E-state index in [1.807, 2.05) is 19.1 Å². The van der Waals surface area contributed by atoms with Crippen LogP contribution in [0.1, 0.15) is 18.1 Å². The molecule has 1 N–H and O–H groups in total. The van der Waals surface area contributed by atoms with Crippen molar-refractivity contribution >= 4 is 0 Å². The molecule has 1 heterocycles. The van der Waals surface area contributed by atoms with Gasteiger partial charge in [-0.1, -0.05) is 12.1 Å². The maximum Gasteiger partial charge on any atom is 0.118 e. The standard InChI is InChI=1S/C11H14O2/c1-7-5-9(3-4-10(7)12)6-11-8(2)13-11/h3-5,8,11-12H,6H2,1-2H3. The lowest BCUT2D eigenvalue weighted by Gasteiger charge is -2.01. The van der Waals surface area contributed by atoms with Crippen LogP contribution < -0.4 is 0 Å². The molecule has 2 rings (SSSR count). The fourth-order valence-electron chi connectivity index (χ4n) is 1.52. The van der Waals surface area contributed by atoms with Gasteiger partial charge in [0.05, 0.1) is 12.2 Å². The highest BCUT2D eigenvalue weighted by atomic mass is 16.6. The zero-order valence-corrected chi connectivity index (χ0v) is 7.95. The molecule has 0 amide bonds. The van der Waals surface area contributed by atoms with Gasteiger partial charge in [0.15, 0.2) is 0 Å². The van der Waals surface area contributed by atoms with Crippen molar-refractivity contribution in [2.75, 3.05) is 0 Å². The van der Waals surface area contributed by atoms with Crippen molar-refractivity contribution < 1.29 is 9.84 Å². The van der Waals surface area contributed by atoms with Gasteiger partial charge in [-0.3, -0.25) is 0 Å². The average molecular weight is 178 g/mol. The maximum absolute atomic E-state index is 9.31. The number of epoxide rings is 1. The minimum absolute atomic E-state index is 0.369. The Bertz CT molecular complexity index is 320. The molecule has 1 aromatic rings. The van der Waals surface area contributed by atoms with Crippen LogP contribution in [0.15, 0.2) is 18.2 Å². The highest BCUT2D eigenvalue weighted by Crippen LogP contribution is 2.26. The Kier molecular flexibility index (Phi) is 2.00. The Morgan fingerprint density at radius 1 is 1.46 bits per heavy atom. The molecule has 2 unspecified atom stereocenters. The summed E-state index contributed by atoms with van der Waals surface area (Å²) in [5, 5.41) is 9.31. The van der Waals surface area contributed by atoms with Gasteiger partial charge in [-0.15, -0.1) is 0 Å². The van der Waals surface area contributed by atoms with Crippen molar-refractivity contribution in [2.45, 2.75) is 32.5 Å². The molecule has 0 radical (unpaired) electrons. The normalized spacial score (nSPS) is 26.0. The molecule has 0 aliphatic carbocycles. The van der Waals surface area contributed by atoms with Crippen molar-refractivity contribution in [1.29, 1.82) is 0 Å². The first-order valence-electron chi connectivity index (χ1n) is 4.61. The molecule has 1 aliphatic heterocycles. The van der Waals surface area contributed by atoms with Crippen LogP contribution in [0.25, 0.3) is 0 Å². The number of phenolic OH excluding ortho intramolecular Hbond substituents is 1. The van der Waals surface area contributed by atoms with E-state index in [0.717, 1.165) is 12.0 Å². The molecule has 2 atom stereocenters. The predicted octanol–water partition coefficient (Wildman–Crippen LogP) is 2.03. The number of phenols is 1. The lowest BCUT2D eigenvalue weighted by atomic mass is 10.1. The molecule has 2 heteroatoms. The van der Waals surface area contributed by atoms with Crippen molar-refractivity contribution in [3.8, 4) is 5.75 Å². The number of rotatable bonds is 2. The average Bonchev–Trinajstić information content (AvgIpc) is 2.75. The molecule has 1 aliphatic rings. The quantitative estimate of drug-likeness (QED) is 0.703. The minimum Gasteiger partial charge on any atom is -0.508 e. The number of ether oxygens (including phenoxy) is 1. The molecule has 0 bridgehead atoms. The molecule has 0 spiro atoms. The van der Waals surface area contributed by atoms with Gasteiger partial charge in [0, 0.05) is 6.42 Å². The highest BCUT2D eigenvalue weighted by Gasteiger charge is 2.33. The van der Waals surface area contributed by atoms with Crippen LogP contribution in [-0.2, 0) is 11.2 Å². The zero-order chi connectivity index (χ0) is 9.42. The maximum atomic E-state index is 9.31. The monoisotopic (exact) mass is 178 g/mol. The molecule has 1 fully saturated rings. The van der Waals surface area contributed by atoms with Gasteiger partial charge < -0.3 is 9.84 Å². The number of benzene rings is 1. The predicted molar refractivity (Wildman–Crippen MR) is 50.9 cm³/mol. The van der Waals surface area contributed by atoms with E-state index in [2.05, 4.69) is 6.92 Å². The minimum atomic E-state index is 0.369. The SMILES string of the molecule is Cc1cc(CC2OC2C)ccc1O. The van der Waals surface area contributed by atoms with Gasteiger partial charge in [-0.2, -0.15) is 0 Å². The van der Waals surface area contributed by atoms with Gasteiger partial charge >= 0.3 is 0 Å². The van der Waals surface area contributed by atoms with E-state index < -0.39 is 0 Å². The molecule has 1 saturated heterocycles. The Morgan fingerprint density at radius 3 is 2.69 bits per heavy atom. The van der Waals surface area contributed by atoms with E-state index >= 15 is 0 Å². The first-order valence-corrected chi connectivity index (χ1v) is 4.61. The second-order valence-corrected chi connectivity index (χ2v) is 3.70. The first-order chi connectivity index (χ1) is 6.16. The van der Waals surface area contributed by atoms with E-state index in [9.17, 15) is 5.11 Å². The first kappa shape index (κ1) is 8.57. The van der Waals surface area contributed by atoms with Gasteiger partial charge in [-0.25, -0.2) is 0 Å². The van der Waals surface area contributed by atoms with Crippen LogP contribution >= 0.6 is 0 Å². The lowest BCUT2D eigenvalue weighted by Crippen LogP contribution is -1.96. The number of hydrogen-bond acceptors (Lipinski definition) is 2. The summed E-state index contributed by atoms with van der Waals surface area (Å²) in [6, 6.07) is 5.72. The van der Waals surface area contributed by atoms with E-state index in [1.54, 1.807) is 6.07 Å². The summed E-state index contributed by atoms with van der Waals surface area (Å²) < 4.78 is 5.33. The lowest BCUT2D eigenvalue weighted by molar-refractivity contribution is 0.378. The van der Waals surface area contributed by atoms with E-state index in [-0.39, 0.29) is 0 Å².